The van der Waals surface area contributed by atoms with Gasteiger partial charge in [0.1, 0.15) is 11.3 Å². The monoisotopic (exact) mass is 348 g/mol. The van der Waals surface area contributed by atoms with E-state index in [1.807, 2.05) is 19.2 Å². The van der Waals surface area contributed by atoms with Gasteiger partial charge in [0.25, 0.3) is 12.3 Å². The topological polar surface area (TPSA) is 77.1 Å². The fraction of sp³-hybridized carbons (Fsp3) is 0.375. The second-order valence-corrected chi connectivity index (χ2v) is 5.71. The Hall–Kier alpha value is -2.84. The first-order valence-corrected chi connectivity index (χ1v) is 7.88. The molecular weight excluding hydrogens is 330 g/mol. The number of nitrogens with zero attached hydrogens (tertiary/aromatic N) is 5. The van der Waals surface area contributed by atoms with Crippen LogP contribution in [0.4, 0.5) is 8.78 Å². The number of aromatic nitrogens is 5. The van der Waals surface area contributed by atoms with Gasteiger partial charge in [0.05, 0.1) is 17.9 Å². The molecular formula is C16H18F2N6O. The normalized spacial score (nSPS) is 12.7. The number of hydrogen-bond donors (Lipinski definition) is 1. The van der Waals surface area contributed by atoms with Gasteiger partial charge in [-0.1, -0.05) is 0 Å². The standard InChI is InChI=1S/C16H18F2N6O/c1-4-23-6-5-12(22-23)10(3)21-16(25)11-8-19-24-13(14(17)18)7-9(2)20-15(11)24/h5-8,10,14H,4H2,1-3H3,(H,21,25). The molecule has 0 aliphatic heterocycles. The van der Waals surface area contributed by atoms with E-state index in [4.69, 9.17) is 0 Å². The molecule has 0 fully saturated rings. The third kappa shape index (κ3) is 3.21. The summed E-state index contributed by atoms with van der Waals surface area (Å²) < 4.78 is 29.1. The SMILES string of the molecule is CCn1ccc(C(C)NC(=O)c2cnn3c(C(F)F)cc(C)nc23)n1. The number of aryl methyl sites for hydroxylation is 2. The Bertz CT molecular complexity index is 917. The second-order valence-electron chi connectivity index (χ2n) is 5.71. The Morgan fingerprint density at radius 2 is 2.16 bits per heavy atom. The molecule has 0 aliphatic rings. The largest absolute Gasteiger partial charge is 0.344 e. The molecule has 0 spiro atoms. The van der Waals surface area contributed by atoms with Crippen LogP contribution in [0.3, 0.4) is 0 Å². The number of halogens is 2. The fourth-order valence-electron chi connectivity index (χ4n) is 2.56. The van der Waals surface area contributed by atoms with E-state index in [9.17, 15) is 13.6 Å². The van der Waals surface area contributed by atoms with Gasteiger partial charge in [-0.15, -0.1) is 0 Å². The Kier molecular flexibility index (Phi) is 4.47. The highest BCUT2D eigenvalue weighted by Gasteiger charge is 2.22. The number of alkyl halides is 2. The van der Waals surface area contributed by atoms with Crippen LogP contribution in [-0.4, -0.2) is 30.3 Å². The molecule has 0 radical (unpaired) electrons. The van der Waals surface area contributed by atoms with Gasteiger partial charge in [-0.05, 0) is 32.9 Å². The molecule has 1 amide bonds. The summed E-state index contributed by atoms with van der Waals surface area (Å²) in [4.78, 5) is 16.7. The molecule has 0 saturated carbocycles. The van der Waals surface area contributed by atoms with Crippen LogP contribution in [0.2, 0.25) is 0 Å². The third-order valence-corrected chi connectivity index (χ3v) is 3.87. The van der Waals surface area contributed by atoms with Crippen molar-refractivity contribution in [1.29, 1.82) is 0 Å². The van der Waals surface area contributed by atoms with Gasteiger partial charge in [-0.25, -0.2) is 18.3 Å². The van der Waals surface area contributed by atoms with E-state index in [-0.39, 0.29) is 22.9 Å². The zero-order valence-corrected chi connectivity index (χ0v) is 14.1. The third-order valence-electron chi connectivity index (χ3n) is 3.87. The maximum Gasteiger partial charge on any atom is 0.280 e. The quantitative estimate of drug-likeness (QED) is 0.769. The van der Waals surface area contributed by atoms with E-state index >= 15 is 0 Å². The molecule has 3 rings (SSSR count). The lowest BCUT2D eigenvalue weighted by Gasteiger charge is -2.11. The number of amides is 1. The van der Waals surface area contributed by atoms with E-state index in [1.54, 1.807) is 18.5 Å². The van der Waals surface area contributed by atoms with Crippen LogP contribution in [0.5, 0.6) is 0 Å². The maximum absolute atomic E-state index is 13.2. The Balaban J connectivity index is 1.89. The van der Waals surface area contributed by atoms with Crippen molar-refractivity contribution in [1.82, 2.24) is 29.7 Å². The summed E-state index contributed by atoms with van der Waals surface area (Å²) in [6.45, 7) is 6.09. The zero-order chi connectivity index (χ0) is 18.1. The molecule has 7 nitrogen and oxygen atoms in total. The number of fused-ring (bicyclic) bond motifs is 1. The molecule has 3 heterocycles. The highest BCUT2D eigenvalue weighted by molar-refractivity contribution is 5.99. The van der Waals surface area contributed by atoms with E-state index < -0.39 is 12.3 Å². The van der Waals surface area contributed by atoms with Gasteiger partial charge in [0.2, 0.25) is 0 Å². The molecule has 3 aromatic rings. The predicted octanol–water partition coefficient (Wildman–Crippen LogP) is 2.68. The van der Waals surface area contributed by atoms with Crippen LogP contribution in [0.15, 0.2) is 24.5 Å². The zero-order valence-electron chi connectivity index (χ0n) is 14.1. The minimum atomic E-state index is -2.71. The predicted molar refractivity (Wildman–Crippen MR) is 86.5 cm³/mol. The van der Waals surface area contributed by atoms with Crippen molar-refractivity contribution in [2.24, 2.45) is 0 Å². The van der Waals surface area contributed by atoms with E-state index in [1.165, 1.54) is 12.3 Å². The lowest BCUT2D eigenvalue weighted by Crippen LogP contribution is -2.27. The molecule has 1 atom stereocenters. The molecule has 132 valence electrons. The van der Waals surface area contributed by atoms with Crippen LogP contribution < -0.4 is 5.32 Å². The summed E-state index contributed by atoms with van der Waals surface area (Å²) in [7, 11) is 0. The molecule has 9 heteroatoms. The van der Waals surface area contributed by atoms with E-state index in [0.29, 0.717) is 11.4 Å². The summed E-state index contributed by atoms with van der Waals surface area (Å²) in [5.41, 5.74) is 1.07. The molecule has 3 aromatic heterocycles. The fourth-order valence-corrected chi connectivity index (χ4v) is 2.56. The minimum absolute atomic E-state index is 0.110. The molecule has 0 aromatic carbocycles. The van der Waals surface area contributed by atoms with Gasteiger partial charge in [-0.2, -0.15) is 10.2 Å². The Labute approximate surface area is 142 Å². The molecule has 0 aliphatic carbocycles. The van der Waals surface area contributed by atoms with E-state index in [0.717, 1.165) is 11.1 Å². The van der Waals surface area contributed by atoms with Crippen LogP contribution >= 0.6 is 0 Å². The van der Waals surface area contributed by atoms with Gasteiger partial charge in [0, 0.05) is 18.4 Å². The lowest BCUT2D eigenvalue weighted by atomic mass is 10.2. The number of nitrogens with one attached hydrogen (secondary N) is 1. The number of carbonyl (C=O) groups is 1. The van der Waals surface area contributed by atoms with Gasteiger partial charge >= 0.3 is 0 Å². The maximum atomic E-state index is 13.2. The first-order chi connectivity index (χ1) is 11.9. The van der Waals surface area contributed by atoms with Gasteiger partial charge in [0.15, 0.2) is 5.65 Å². The molecule has 1 unspecified atom stereocenters. The number of hydrogen-bond acceptors (Lipinski definition) is 4. The Morgan fingerprint density at radius 1 is 1.40 bits per heavy atom. The summed E-state index contributed by atoms with van der Waals surface area (Å²) in [5.74, 6) is -0.438. The summed E-state index contributed by atoms with van der Waals surface area (Å²) in [6, 6.07) is 2.74. The van der Waals surface area contributed by atoms with Crippen LogP contribution in [0.25, 0.3) is 5.65 Å². The van der Waals surface area contributed by atoms with Crippen LogP contribution in [0.1, 0.15) is 53.8 Å². The van der Waals surface area contributed by atoms with Gasteiger partial charge in [-0.3, -0.25) is 9.48 Å². The molecule has 25 heavy (non-hydrogen) atoms. The highest BCUT2D eigenvalue weighted by Crippen LogP contribution is 2.22. The average Bonchev–Trinajstić information content (AvgIpc) is 3.20. The number of carbonyl (C=O) groups excluding carboxylic acids is 1. The highest BCUT2D eigenvalue weighted by atomic mass is 19.3. The first-order valence-electron chi connectivity index (χ1n) is 7.88. The van der Waals surface area contributed by atoms with Crippen molar-refractivity contribution in [3.8, 4) is 0 Å². The van der Waals surface area contributed by atoms with Crippen LogP contribution in [-0.2, 0) is 6.54 Å². The smallest absolute Gasteiger partial charge is 0.280 e. The minimum Gasteiger partial charge on any atom is -0.344 e. The first kappa shape index (κ1) is 17.0. The van der Waals surface area contributed by atoms with Crippen molar-refractivity contribution in [2.45, 2.75) is 39.8 Å². The van der Waals surface area contributed by atoms with E-state index in [2.05, 4.69) is 20.5 Å². The van der Waals surface area contributed by atoms with Crippen molar-refractivity contribution >= 4 is 11.6 Å². The molecule has 0 saturated heterocycles. The summed E-state index contributed by atoms with van der Waals surface area (Å²) in [5, 5.41) is 11.0. The lowest BCUT2D eigenvalue weighted by molar-refractivity contribution is 0.0940. The summed E-state index contributed by atoms with van der Waals surface area (Å²) in [6.07, 6.45) is 0.366. The van der Waals surface area contributed by atoms with Crippen molar-refractivity contribution in [2.75, 3.05) is 0 Å². The van der Waals surface area contributed by atoms with Crippen molar-refractivity contribution in [3.63, 3.8) is 0 Å². The van der Waals surface area contributed by atoms with Crippen LogP contribution in [0, 0.1) is 6.92 Å². The average molecular weight is 348 g/mol. The van der Waals surface area contributed by atoms with Gasteiger partial charge < -0.3 is 5.32 Å². The number of rotatable bonds is 5. The Morgan fingerprint density at radius 3 is 2.80 bits per heavy atom. The van der Waals surface area contributed by atoms with Crippen molar-refractivity contribution < 1.29 is 13.6 Å². The molecule has 1 N–H and O–H groups in total. The van der Waals surface area contributed by atoms with Crippen molar-refractivity contribution in [3.05, 3.63) is 47.2 Å². The summed E-state index contributed by atoms with van der Waals surface area (Å²) >= 11 is 0. The second kappa shape index (κ2) is 6.58. The molecule has 0 bridgehead atoms.